The Morgan fingerprint density at radius 1 is 1.26 bits per heavy atom. The minimum atomic E-state index is -0.446. The summed E-state index contributed by atoms with van der Waals surface area (Å²) in [5.74, 6) is 1.75. The molecule has 0 aromatic carbocycles. The molecule has 0 aliphatic carbocycles. The zero-order chi connectivity index (χ0) is 16.4. The number of carbonyl (C=O) groups excluding carboxylic acids is 1. The van der Waals surface area contributed by atoms with Gasteiger partial charge in [-0.3, -0.25) is 0 Å². The summed E-state index contributed by atoms with van der Waals surface area (Å²) in [4.78, 5) is 20.3. The number of rotatable bonds is 3. The predicted molar refractivity (Wildman–Crippen MR) is 85.4 cm³/mol. The summed E-state index contributed by atoms with van der Waals surface area (Å²) >= 11 is 0. The summed E-state index contributed by atoms with van der Waals surface area (Å²) in [5.41, 5.74) is -0.446. The smallest absolute Gasteiger partial charge is 0.410 e. The zero-order valence-corrected chi connectivity index (χ0v) is 14.2. The molecule has 2 aliphatic rings. The van der Waals surface area contributed by atoms with Crippen LogP contribution in [-0.2, 0) is 11.2 Å². The Hall–Kier alpha value is -1.79. The highest BCUT2D eigenvalue weighted by Gasteiger charge is 2.34. The molecule has 1 aromatic rings. The van der Waals surface area contributed by atoms with Crippen molar-refractivity contribution in [1.82, 2.24) is 15.0 Å². The van der Waals surface area contributed by atoms with E-state index >= 15 is 0 Å². The molecular weight excluding hydrogens is 296 g/mol. The van der Waals surface area contributed by atoms with Crippen LogP contribution in [0.25, 0.3) is 0 Å². The highest BCUT2D eigenvalue weighted by atomic mass is 16.6. The lowest BCUT2D eigenvalue weighted by atomic mass is 9.97. The number of hydrogen-bond donors (Lipinski definition) is 0. The van der Waals surface area contributed by atoms with E-state index in [0.29, 0.717) is 30.8 Å². The molecule has 7 heteroatoms. The molecule has 0 unspecified atom stereocenters. The van der Waals surface area contributed by atoms with Crippen molar-refractivity contribution >= 4 is 12.0 Å². The second kappa shape index (κ2) is 6.37. The Labute approximate surface area is 137 Å². The van der Waals surface area contributed by atoms with Gasteiger partial charge in [0.15, 0.2) is 0 Å². The van der Waals surface area contributed by atoms with Crippen LogP contribution in [0, 0.1) is 5.92 Å². The average molecular weight is 322 g/mol. The standard InChI is InChI=1S/C16H26N4O3/c1-16(2,3)22-15(21)20-10-12(11-20)9-13-17-14(18-23-13)19-7-5-4-6-8-19/h12H,4-11H2,1-3H3. The third-order valence-electron chi connectivity index (χ3n) is 4.17. The largest absolute Gasteiger partial charge is 0.444 e. The fourth-order valence-corrected chi connectivity index (χ4v) is 2.97. The minimum Gasteiger partial charge on any atom is -0.444 e. The lowest BCUT2D eigenvalue weighted by Gasteiger charge is -2.39. The van der Waals surface area contributed by atoms with Crippen LogP contribution in [0.15, 0.2) is 4.52 Å². The lowest BCUT2D eigenvalue weighted by Crippen LogP contribution is -2.52. The van der Waals surface area contributed by atoms with Gasteiger partial charge in [-0.1, -0.05) is 0 Å². The van der Waals surface area contributed by atoms with Crippen molar-refractivity contribution in [1.29, 1.82) is 0 Å². The summed E-state index contributed by atoms with van der Waals surface area (Å²) in [7, 11) is 0. The maximum absolute atomic E-state index is 11.9. The molecule has 0 radical (unpaired) electrons. The molecule has 2 fully saturated rings. The van der Waals surface area contributed by atoms with E-state index in [4.69, 9.17) is 9.26 Å². The molecule has 0 atom stereocenters. The van der Waals surface area contributed by atoms with Crippen molar-refractivity contribution in [2.75, 3.05) is 31.1 Å². The fraction of sp³-hybridized carbons (Fsp3) is 0.812. The highest BCUT2D eigenvalue weighted by molar-refractivity contribution is 5.69. The predicted octanol–water partition coefficient (Wildman–Crippen LogP) is 2.47. The molecule has 0 bridgehead atoms. The van der Waals surface area contributed by atoms with Crippen LogP contribution >= 0.6 is 0 Å². The first-order chi connectivity index (χ1) is 10.9. The average Bonchev–Trinajstić information content (AvgIpc) is 2.90. The van der Waals surface area contributed by atoms with E-state index in [0.717, 1.165) is 19.5 Å². The van der Waals surface area contributed by atoms with E-state index in [1.54, 1.807) is 4.90 Å². The Morgan fingerprint density at radius 2 is 1.96 bits per heavy atom. The second-order valence-electron chi connectivity index (χ2n) is 7.49. The molecule has 128 valence electrons. The first-order valence-electron chi connectivity index (χ1n) is 8.46. The first kappa shape index (κ1) is 16.1. The van der Waals surface area contributed by atoms with Crippen LogP contribution < -0.4 is 4.90 Å². The number of piperidine rings is 1. The van der Waals surface area contributed by atoms with Crippen LogP contribution in [0.1, 0.15) is 45.9 Å². The topological polar surface area (TPSA) is 71.7 Å². The van der Waals surface area contributed by atoms with Crippen molar-refractivity contribution in [3.05, 3.63) is 5.89 Å². The normalized spacial score (nSPS) is 19.6. The first-order valence-corrected chi connectivity index (χ1v) is 8.46. The third-order valence-corrected chi connectivity index (χ3v) is 4.17. The molecule has 23 heavy (non-hydrogen) atoms. The van der Waals surface area contributed by atoms with Crippen molar-refractivity contribution in [3.8, 4) is 0 Å². The van der Waals surface area contributed by atoms with Crippen LogP contribution in [-0.4, -0.2) is 52.9 Å². The quantitative estimate of drug-likeness (QED) is 0.851. The minimum absolute atomic E-state index is 0.242. The van der Waals surface area contributed by atoms with E-state index in [1.807, 2.05) is 20.8 Å². The van der Waals surface area contributed by atoms with Gasteiger partial charge in [-0.2, -0.15) is 4.98 Å². The Balaban J connectivity index is 1.45. The zero-order valence-electron chi connectivity index (χ0n) is 14.2. The molecule has 0 N–H and O–H groups in total. The number of aromatic nitrogens is 2. The number of anilines is 1. The van der Waals surface area contributed by atoms with Gasteiger partial charge in [0, 0.05) is 38.5 Å². The van der Waals surface area contributed by atoms with Crippen molar-refractivity contribution in [2.45, 2.75) is 52.1 Å². The van der Waals surface area contributed by atoms with E-state index in [-0.39, 0.29) is 6.09 Å². The van der Waals surface area contributed by atoms with E-state index in [9.17, 15) is 4.79 Å². The molecule has 1 amide bonds. The molecule has 1 aromatic heterocycles. The SMILES string of the molecule is CC(C)(C)OC(=O)N1CC(Cc2nc(N3CCCCC3)no2)C1. The van der Waals surface area contributed by atoms with Crippen LogP contribution in [0.5, 0.6) is 0 Å². The summed E-state index contributed by atoms with van der Waals surface area (Å²) < 4.78 is 10.7. The van der Waals surface area contributed by atoms with Gasteiger partial charge in [-0.05, 0) is 45.2 Å². The summed E-state index contributed by atoms with van der Waals surface area (Å²) in [6, 6.07) is 0. The molecule has 7 nitrogen and oxygen atoms in total. The number of nitrogens with zero attached hydrogens (tertiary/aromatic N) is 4. The number of likely N-dealkylation sites (tertiary alicyclic amines) is 1. The molecule has 3 rings (SSSR count). The molecule has 2 saturated heterocycles. The van der Waals surface area contributed by atoms with E-state index in [2.05, 4.69) is 15.0 Å². The molecule has 0 spiro atoms. The number of amides is 1. The molecule has 0 saturated carbocycles. The number of carbonyl (C=O) groups is 1. The second-order valence-corrected chi connectivity index (χ2v) is 7.49. The van der Waals surface area contributed by atoms with Crippen LogP contribution in [0.2, 0.25) is 0 Å². The van der Waals surface area contributed by atoms with Gasteiger partial charge in [0.25, 0.3) is 5.95 Å². The van der Waals surface area contributed by atoms with Crippen molar-refractivity contribution in [2.24, 2.45) is 5.92 Å². The van der Waals surface area contributed by atoms with Gasteiger partial charge < -0.3 is 19.1 Å². The lowest BCUT2D eigenvalue weighted by molar-refractivity contribution is -0.00186. The van der Waals surface area contributed by atoms with Gasteiger partial charge >= 0.3 is 6.09 Å². The monoisotopic (exact) mass is 322 g/mol. The number of hydrogen-bond acceptors (Lipinski definition) is 6. The van der Waals surface area contributed by atoms with Crippen LogP contribution in [0.3, 0.4) is 0 Å². The molecule has 3 heterocycles. The maximum atomic E-state index is 11.9. The number of ether oxygens (including phenoxy) is 1. The van der Waals surface area contributed by atoms with Crippen LogP contribution in [0.4, 0.5) is 10.7 Å². The van der Waals surface area contributed by atoms with Gasteiger partial charge in [-0.15, -0.1) is 0 Å². The van der Waals surface area contributed by atoms with E-state index in [1.165, 1.54) is 19.3 Å². The van der Waals surface area contributed by atoms with Gasteiger partial charge in [0.05, 0.1) is 0 Å². The van der Waals surface area contributed by atoms with Gasteiger partial charge in [-0.25, -0.2) is 4.79 Å². The van der Waals surface area contributed by atoms with Crippen molar-refractivity contribution < 1.29 is 14.1 Å². The summed E-state index contributed by atoms with van der Waals surface area (Å²) in [5, 5.41) is 4.09. The maximum Gasteiger partial charge on any atom is 0.410 e. The van der Waals surface area contributed by atoms with Crippen molar-refractivity contribution in [3.63, 3.8) is 0 Å². The summed E-state index contributed by atoms with van der Waals surface area (Å²) in [6.07, 6.45) is 4.15. The molecular formula is C16H26N4O3. The summed E-state index contributed by atoms with van der Waals surface area (Å²) in [6.45, 7) is 9.03. The Bertz CT molecular complexity index is 540. The van der Waals surface area contributed by atoms with E-state index < -0.39 is 5.60 Å². The Kier molecular flexibility index (Phi) is 4.46. The third kappa shape index (κ3) is 4.14. The van der Waals surface area contributed by atoms with Gasteiger partial charge in [0.1, 0.15) is 5.60 Å². The fourth-order valence-electron chi connectivity index (χ4n) is 2.97. The highest BCUT2D eigenvalue weighted by Crippen LogP contribution is 2.23. The van der Waals surface area contributed by atoms with Gasteiger partial charge in [0.2, 0.25) is 5.89 Å². The Morgan fingerprint density at radius 3 is 2.61 bits per heavy atom. The molecule has 2 aliphatic heterocycles.